The number of pyridine rings is 1. The summed E-state index contributed by atoms with van der Waals surface area (Å²) in [6.07, 6.45) is 0.443. The van der Waals surface area contributed by atoms with E-state index < -0.39 is 21.3 Å². The molecular weight excluding hydrogens is 468 g/mol. The van der Waals surface area contributed by atoms with Crippen molar-refractivity contribution in [1.29, 1.82) is 5.26 Å². The van der Waals surface area contributed by atoms with Crippen molar-refractivity contribution in [2.45, 2.75) is 49.6 Å². The maximum atomic E-state index is 13.1. The molecule has 3 rings (SSSR count). The number of azo groups is 1. The fourth-order valence-corrected chi connectivity index (χ4v) is 4.82. The Labute approximate surface area is 203 Å². The highest BCUT2D eigenvalue weighted by atomic mass is 32.2. The van der Waals surface area contributed by atoms with Gasteiger partial charge < -0.3 is 9.84 Å². The molecule has 3 aromatic rings. The summed E-state index contributed by atoms with van der Waals surface area (Å²) in [5, 5.41) is 28.2. The van der Waals surface area contributed by atoms with Crippen molar-refractivity contribution >= 4 is 21.2 Å². The van der Waals surface area contributed by atoms with Crippen molar-refractivity contribution in [2.24, 2.45) is 10.2 Å². The molecule has 1 heterocycles. The molecule has 1 aromatic heterocycles. The molecule has 0 saturated heterocycles. The number of hydrogen-bond acceptors (Lipinski definition) is 8. The van der Waals surface area contributed by atoms with E-state index in [1.54, 1.807) is 30.3 Å². The van der Waals surface area contributed by atoms with Gasteiger partial charge in [0.25, 0.3) is 5.56 Å². The Morgan fingerprint density at radius 1 is 1.09 bits per heavy atom. The van der Waals surface area contributed by atoms with Gasteiger partial charge in [0.2, 0.25) is 15.7 Å². The van der Waals surface area contributed by atoms with Crippen molar-refractivity contribution in [3.05, 3.63) is 76.1 Å². The third-order valence-electron chi connectivity index (χ3n) is 5.21. The Kier molecular flexibility index (Phi) is 8.17. The first-order valence-corrected chi connectivity index (χ1v) is 12.5. The normalized spacial score (nSPS) is 11.7. The predicted molar refractivity (Wildman–Crippen MR) is 130 cm³/mol. The van der Waals surface area contributed by atoms with Gasteiger partial charge >= 0.3 is 0 Å². The number of hydrogen-bond donors (Lipinski definition) is 1. The lowest BCUT2D eigenvalue weighted by atomic mass is 10.1. The number of aromatic hydroxyl groups is 1. The van der Waals surface area contributed by atoms with Crippen LogP contribution in [0.3, 0.4) is 0 Å². The number of sulfone groups is 1. The largest absolute Gasteiger partial charge is 0.493 e. The Hall–Kier alpha value is -3.81. The van der Waals surface area contributed by atoms with Gasteiger partial charge in [-0.1, -0.05) is 30.3 Å². The van der Waals surface area contributed by atoms with Gasteiger partial charge in [0, 0.05) is 18.7 Å². The maximum absolute atomic E-state index is 13.1. The van der Waals surface area contributed by atoms with Gasteiger partial charge in [-0.15, -0.1) is 10.2 Å². The van der Waals surface area contributed by atoms with Crippen molar-refractivity contribution in [3.63, 3.8) is 0 Å². The highest BCUT2D eigenvalue weighted by Gasteiger charge is 2.22. The molecule has 1 N–H and O–H groups in total. The molecule has 0 bridgehead atoms. The molecule has 0 amide bonds. The number of benzene rings is 2. The van der Waals surface area contributed by atoms with E-state index in [1.165, 1.54) is 31.2 Å². The lowest BCUT2D eigenvalue weighted by Crippen LogP contribution is -2.23. The number of rotatable bonds is 9. The van der Waals surface area contributed by atoms with Gasteiger partial charge in [0.05, 0.1) is 15.9 Å². The highest BCUT2D eigenvalue weighted by Crippen LogP contribution is 2.32. The van der Waals surface area contributed by atoms with Crippen LogP contribution in [0.15, 0.2) is 79.4 Å². The molecule has 2 aromatic carbocycles. The van der Waals surface area contributed by atoms with Gasteiger partial charge in [-0.3, -0.25) is 9.36 Å². The first-order chi connectivity index (χ1) is 16.7. The van der Waals surface area contributed by atoms with E-state index in [9.17, 15) is 23.6 Å². The number of ether oxygens (including phenoxy) is 1. The zero-order chi connectivity index (χ0) is 25.6. The summed E-state index contributed by atoms with van der Waals surface area (Å²) in [5.74, 6) is -0.453. The van der Waals surface area contributed by atoms with Crippen molar-refractivity contribution in [2.75, 3.05) is 6.61 Å². The fourth-order valence-electron chi connectivity index (χ4n) is 3.40. The molecule has 0 radical (unpaired) electrons. The van der Waals surface area contributed by atoms with Gasteiger partial charge in [-0.25, -0.2) is 8.42 Å². The Bertz CT molecular complexity index is 1440. The average Bonchev–Trinajstić information content (AvgIpc) is 2.84. The van der Waals surface area contributed by atoms with E-state index in [-0.39, 0.29) is 44.9 Å². The summed E-state index contributed by atoms with van der Waals surface area (Å²) in [5.41, 5.74) is -0.712. The molecule has 0 aliphatic rings. The van der Waals surface area contributed by atoms with Crippen LogP contribution in [0.5, 0.6) is 5.88 Å². The zero-order valence-electron chi connectivity index (χ0n) is 19.7. The van der Waals surface area contributed by atoms with Crippen LogP contribution in [-0.2, 0) is 21.1 Å². The van der Waals surface area contributed by atoms with Crippen LogP contribution < -0.4 is 5.56 Å². The molecule has 35 heavy (non-hydrogen) atoms. The monoisotopic (exact) mass is 494 g/mol. The molecule has 10 heteroatoms. The summed E-state index contributed by atoms with van der Waals surface area (Å²) in [6.45, 7) is 5.72. The molecule has 182 valence electrons. The van der Waals surface area contributed by atoms with E-state index in [0.29, 0.717) is 13.0 Å². The maximum Gasteiger partial charge on any atom is 0.281 e. The molecule has 0 aliphatic heterocycles. The van der Waals surface area contributed by atoms with E-state index in [4.69, 9.17) is 4.74 Å². The van der Waals surface area contributed by atoms with Crippen LogP contribution in [0.2, 0.25) is 0 Å². The number of nitriles is 1. The molecule has 0 unspecified atom stereocenters. The van der Waals surface area contributed by atoms with Crippen LogP contribution >= 0.6 is 0 Å². The van der Waals surface area contributed by atoms with Crippen LogP contribution in [0.4, 0.5) is 11.4 Å². The first kappa shape index (κ1) is 25.8. The first-order valence-electron chi connectivity index (χ1n) is 11.0. The van der Waals surface area contributed by atoms with Gasteiger partial charge in [0.15, 0.2) is 5.69 Å². The third kappa shape index (κ3) is 5.65. The second-order valence-electron chi connectivity index (χ2n) is 8.00. The van der Waals surface area contributed by atoms with E-state index >= 15 is 0 Å². The van der Waals surface area contributed by atoms with E-state index in [1.807, 2.05) is 19.9 Å². The summed E-state index contributed by atoms with van der Waals surface area (Å²) in [6, 6.07) is 15.9. The average molecular weight is 495 g/mol. The molecule has 0 atom stereocenters. The second kappa shape index (κ2) is 11.1. The summed E-state index contributed by atoms with van der Waals surface area (Å²) in [7, 11) is -3.89. The Morgan fingerprint density at radius 3 is 2.40 bits per heavy atom. The molecule has 0 spiro atoms. The smallest absolute Gasteiger partial charge is 0.281 e. The predicted octanol–water partition coefficient (Wildman–Crippen LogP) is 4.80. The van der Waals surface area contributed by atoms with Gasteiger partial charge in [0.1, 0.15) is 17.3 Å². The standard InChI is InChI=1S/C25H26N4O5S/c1-17(2)34-15-9-14-29-24(30)20(16-26)18(3)23(25(29)31)28-27-21-12-7-8-13-22(21)35(32,33)19-10-5-4-6-11-19/h4-8,10-13,17,30H,9,14-15H2,1-3H3. The van der Waals surface area contributed by atoms with Crippen LogP contribution in [0, 0.1) is 18.3 Å². The van der Waals surface area contributed by atoms with Gasteiger partial charge in [-0.05, 0) is 51.5 Å². The van der Waals surface area contributed by atoms with Crippen LogP contribution in [0.25, 0.3) is 0 Å². The SMILES string of the molecule is Cc1c(C#N)c(O)n(CCCOC(C)C)c(=O)c1N=Nc1ccccc1S(=O)(=O)c1ccccc1. The fraction of sp³-hybridized carbons (Fsp3) is 0.280. The minimum atomic E-state index is -3.89. The second-order valence-corrected chi connectivity index (χ2v) is 9.92. The van der Waals surface area contributed by atoms with E-state index in [0.717, 1.165) is 4.57 Å². The molecule has 9 nitrogen and oxygen atoms in total. The zero-order valence-corrected chi connectivity index (χ0v) is 20.5. The molecular formula is C25H26N4O5S. The summed E-state index contributed by atoms with van der Waals surface area (Å²) in [4.78, 5) is 13.1. The van der Waals surface area contributed by atoms with Crippen molar-refractivity contribution < 1.29 is 18.3 Å². The Morgan fingerprint density at radius 2 is 1.74 bits per heavy atom. The lowest BCUT2D eigenvalue weighted by molar-refractivity contribution is 0.0744. The van der Waals surface area contributed by atoms with E-state index in [2.05, 4.69) is 10.2 Å². The quantitative estimate of drug-likeness (QED) is 0.335. The van der Waals surface area contributed by atoms with Crippen LogP contribution in [-0.4, -0.2) is 30.8 Å². The topological polar surface area (TPSA) is 134 Å². The van der Waals surface area contributed by atoms with Gasteiger partial charge in [-0.2, -0.15) is 5.26 Å². The van der Waals surface area contributed by atoms with Crippen LogP contribution in [0.1, 0.15) is 31.4 Å². The highest BCUT2D eigenvalue weighted by molar-refractivity contribution is 7.91. The van der Waals surface area contributed by atoms with Crippen molar-refractivity contribution in [1.82, 2.24) is 4.57 Å². The number of nitrogens with zero attached hydrogens (tertiary/aromatic N) is 4. The molecule has 0 saturated carbocycles. The molecule has 0 aliphatic carbocycles. The Balaban J connectivity index is 2.05. The number of aromatic nitrogens is 1. The summed E-state index contributed by atoms with van der Waals surface area (Å²) >= 11 is 0. The summed E-state index contributed by atoms with van der Waals surface area (Å²) < 4.78 is 32.8. The third-order valence-corrected chi connectivity index (χ3v) is 7.03. The molecule has 0 fully saturated rings. The lowest BCUT2D eigenvalue weighted by Gasteiger charge is -2.14. The minimum absolute atomic E-state index is 0.0181. The van der Waals surface area contributed by atoms with Crippen molar-refractivity contribution in [3.8, 4) is 11.9 Å². The minimum Gasteiger partial charge on any atom is -0.493 e.